The lowest BCUT2D eigenvalue weighted by atomic mass is 9.97. The monoisotopic (exact) mass is 199 g/mol. The first-order chi connectivity index (χ1) is 5.16. The third-order valence-electron chi connectivity index (χ3n) is 1.94. The fraction of sp³-hybridized carbons (Fsp3) is 1.00. The average Bonchev–Trinajstić information content (AvgIpc) is 2.01. The van der Waals surface area contributed by atoms with E-state index in [4.69, 9.17) is 15.3 Å². The number of hydrogen-bond donors (Lipinski definition) is 5. The second-order valence-corrected chi connectivity index (χ2v) is 2.75. The van der Waals surface area contributed by atoms with Crippen LogP contribution in [0.1, 0.15) is 0 Å². The topological polar surface area (TPSA) is 93.0 Å². The molecule has 0 amide bonds. The standard InChI is InChI=1S/C6H13NO4.ClH/c8-2-3-5(10)6(11)4(9)1-7-3;/h3-11H,1-2H2;1H. The molecular weight excluding hydrogens is 186 g/mol. The Balaban J connectivity index is 0.00000121. The molecule has 0 aromatic rings. The largest absolute Gasteiger partial charge is 0.395 e. The van der Waals surface area contributed by atoms with E-state index in [1.54, 1.807) is 0 Å². The summed E-state index contributed by atoms with van der Waals surface area (Å²) in [6.07, 6.45) is -3.20. The van der Waals surface area contributed by atoms with E-state index in [1.165, 1.54) is 0 Å². The van der Waals surface area contributed by atoms with Gasteiger partial charge in [-0.1, -0.05) is 0 Å². The molecule has 0 aliphatic carbocycles. The first-order valence-electron chi connectivity index (χ1n) is 3.55. The lowest BCUT2D eigenvalue weighted by Gasteiger charge is -2.34. The third kappa shape index (κ3) is 2.29. The summed E-state index contributed by atoms with van der Waals surface area (Å²) >= 11 is 0. The summed E-state index contributed by atoms with van der Waals surface area (Å²) in [7, 11) is 0. The number of aliphatic hydroxyl groups is 4. The Morgan fingerprint density at radius 1 is 1.17 bits per heavy atom. The van der Waals surface area contributed by atoms with Gasteiger partial charge in [0.1, 0.15) is 6.10 Å². The molecule has 6 heteroatoms. The zero-order valence-electron chi connectivity index (χ0n) is 6.42. The molecule has 0 radical (unpaired) electrons. The van der Waals surface area contributed by atoms with Crippen LogP contribution in [0.5, 0.6) is 0 Å². The minimum atomic E-state index is -1.16. The van der Waals surface area contributed by atoms with Crippen molar-refractivity contribution in [1.82, 2.24) is 5.32 Å². The molecule has 0 aromatic heterocycles. The van der Waals surface area contributed by atoms with Crippen molar-refractivity contribution in [2.24, 2.45) is 0 Å². The van der Waals surface area contributed by atoms with Crippen molar-refractivity contribution in [3.05, 3.63) is 0 Å². The van der Waals surface area contributed by atoms with Crippen LogP contribution in [0.2, 0.25) is 0 Å². The fourth-order valence-electron chi connectivity index (χ4n) is 1.15. The average molecular weight is 200 g/mol. The van der Waals surface area contributed by atoms with Crippen molar-refractivity contribution in [2.45, 2.75) is 24.4 Å². The van der Waals surface area contributed by atoms with E-state index >= 15 is 0 Å². The number of aliphatic hydroxyl groups excluding tert-OH is 4. The van der Waals surface area contributed by atoms with Gasteiger partial charge in [-0.2, -0.15) is 0 Å². The summed E-state index contributed by atoms with van der Waals surface area (Å²) in [4.78, 5) is 0. The van der Waals surface area contributed by atoms with E-state index < -0.39 is 24.4 Å². The molecule has 1 rings (SSSR count). The Kier molecular flexibility index (Phi) is 5.00. The fourth-order valence-corrected chi connectivity index (χ4v) is 1.15. The number of hydrogen-bond acceptors (Lipinski definition) is 5. The third-order valence-corrected chi connectivity index (χ3v) is 1.94. The Morgan fingerprint density at radius 3 is 2.25 bits per heavy atom. The van der Waals surface area contributed by atoms with Crippen LogP contribution in [-0.2, 0) is 0 Å². The number of nitrogens with one attached hydrogen (secondary N) is 1. The number of piperidine rings is 1. The maximum absolute atomic E-state index is 9.18. The summed E-state index contributed by atoms with van der Waals surface area (Å²) in [5.41, 5.74) is 0. The molecule has 12 heavy (non-hydrogen) atoms. The van der Waals surface area contributed by atoms with Crippen molar-refractivity contribution in [3.8, 4) is 0 Å². The van der Waals surface area contributed by atoms with E-state index in [1.807, 2.05) is 0 Å². The Morgan fingerprint density at radius 2 is 1.75 bits per heavy atom. The molecule has 1 saturated heterocycles. The van der Waals surface area contributed by atoms with Gasteiger partial charge >= 0.3 is 0 Å². The lowest BCUT2D eigenvalue weighted by molar-refractivity contribution is -0.101. The Bertz CT molecular complexity index is 135. The predicted octanol–water partition coefficient (Wildman–Crippen LogP) is -2.54. The molecule has 74 valence electrons. The van der Waals surface area contributed by atoms with Gasteiger partial charge < -0.3 is 25.7 Å². The Hall–Kier alpha value is 0.0900. The smallest absolute Gasteiger partial charge is 0.109 e. The molecule has 0 bridgehead atoms. The van der Waals surface area contributed by atoms with Gasteiger partial charge in [0.25, 0.3) is 0 Å². The van der Waals surface area contributed by atoms with Gasteiger partial charge in [-0.3, -0.25) is 0 Å². The summed E-state index contributed by atoms with van der Waals surface area (Å²) in [6.45, 7) is -0.0472. The molecular formula is C6H14ClNO4. The normalized spacial score (nSPS) is 42.0. The van der Waals surface area contributed by atoms with Crippen LogP contribution >= 0.6 is 12.4 Å². The molecule has 0 aromatic carbocycles. The van der Waals surface area contributed by atoms with E-state index in [0.717, 1.165) is 0 Å². The molecule has 0 spiro atoms. The van der Waals surface area contributed by atoms with E-state index in [-0.39, 0.29) is 25.6 Å². The molecule has 1 aliphatic rings. The highest BCUT2D eigenvalue weighted by molar-refractivity contribution is 5.85. The summed E-state index contributed by atoms with van der Waals surface area (Å²) < 4.78 is 0. The van der Waals surface area contributed by atoms with Gasteiger partial charge in [0.05, 0.1) is 24.9 Å². The molecule has 0 saturated carbocycles. The van der Waals surface area contributed by atoms with Crippen LogP contribution in [0.25, 0.3) is 0 Å². The van der Waals surface area contributed by atoms with Gasteiger partial charge in [0, 0.05) is 6.54 Å². The maximum Gasteiger partial charge on any atom is 0.109 e. The predicted molar refractivity (Wildman–Crippen MR) is 44.1 cm³/mol. The minimum Gasteiger partial charge on any atom is -0.395 e. The molecule has 4 atom stereocenters. The molecule has 1 fully saturated rings. The number of β-amino-alcohol motifs (C(OH)–C–C–N with tert-alkyl or cyclic N) is 1. The van der Waals surface area contributed by atoms with Crippen LogP contribution in [-0.4, -0.2) is 57.9 Å². The molecule has 4 unspecified atom stereocenters. The summed E-state index contributed by atoms with van der Waals surface area (Å²) in [5.74, 6) is 0. The van der Waals surface area contributed by atoms with Crippen LogP contribution in [0.3, 0.4) is 0 Å². The van der Waals surface area contributed by atoms with Gasteiger partial charge in [-0.25, -0.2) is 0 Å². The van der Waals surface area contributed by atoms with Crippen molar-refractivity contribution in [2.75, 3.05) is 13.2 Å². The quantitative estimate of drug-likeness (QED) is 0.321. The highest BCUT2D eigenvalue weighted by Crippen LogP contribution is 2.09. The van der Waals surface area contributed by atoms with Crippen LogP contribution in [0, 0.1) is 0 Å². The van der Waals surface area contributed by atoms with Crippen LogP contribution in [0.4, 0.5) is 0 Å². The van der Waals surface area contributed by atoms with Gasteiger partial charge in [0.15, 0.2) is 0 Å². The molecule has 5 nitrogen and oxygen atoms in total. The highest BCUT2D eigenvalue weighted by Gasteiger charge is 2.35. The Labute approximate surface area is 76.4 Å². The van der Waals surface area contributed by atoms with E-state index in [2.05, 4.69) is 5.32 Å². The van der Waals surface area contributed by atoms with Crippen molar-refractivity contribution < 1.29 is 20.4 Å². The van der Waals surface area contributed by atoms with Crippen LogP contribution < -0.4 is 5.32 Å². The van der Waals surface area contributed by atoms with Crippen molar-refractivity contribution >= 4 is 12.4 Å². The first kappa shape index (κ1) is 12.1. The molecule has 1 heterocycles. The maximum atomic E-state index is 9.18. The van der Waals surface area contributed by atoms with Crippen molar-refractivity contribution in [1.29, 1.82) is 0 Å². The molecule has 5 N–H and O–H groups in total. The number of halogens is 1. The summed E-state index contributed by atoms with van der Waals surface area (Å²) in [5, 5.41) is 38.6. The second kappa shape index (κ2) is 4.96. The minimum absolute atomic E-state index is 0. The van der Waals surface area contributed by atoms with E-state index in [9.17, 15) is 5.11 Å². The zero-order valence-corrected chi connectivity index (χ0v) is 7.24. The van der Waals surface area contributed by atoms with Gasteiger partial charge in [-0.15, -0.1) is 12.4 Å². The number of rotatable bonds is 1. The van der Waals surface area contributed by atoms with Crippen molar-refractivity contribution in [3.63, 3.8) is 0 Å². The zero-order chi connectivity index (χ0) is 8.43. The molecule has 1 aliphatic heterocycles. The first-order valence-corrected chi connectivity index (χ1v) is 3.55. The van der Waals surface area contributed by atoms with E-state index in [0.29, 0.717) is 0 Å². The SMILES string of the molecule is Cl.OCC1NCC(O)C(O)C1O. The summed E-state index contributed by atoms with van der Waals surface area (Å²) in [6, 6.07) is -0.534. The van der Waals surface area contributed by atoms with Crippen LogP contribution in [0.15, 0.2) is 0 Å². The van der Waals surface area contributed by atoms with Gasteiger partial charge in [-0.05, 0) is 0 Å². The second-order valence-electron chi connectivity index (χ2n) is 2.75. The van der Waals surface area contributed by atoms with Gasteiger partial charge in [0.2, 0.25) is 0 Å². The lowest BCUT2D eigenvalue weighted by Crippen LogP contribution is -2.60. The highest BCUT2D eigenvalue weighted by atomic mass is 35.5.